The third-order valence-electron chi connectivity index (χ3n) is 5.12. The Morgan fingerprint density at radius 3 is 1.21 bits per heavy atom. The van der Waals surface area contributed by atoms with Crippen molar-refractivity contribution in [2.24, 2.45) is 9.98 Å². The molecule has 0 bridgehead atoms. The Morgan fingerprint density at radius 1 is 0.615 bits per heavy atom. The predicted octanol–water partition coefficient (Wildman–Crippen LogP) is 5.00. The van der Waals surface area contributed by atoms with Gasteiger partial charge in [-0.2, -0.15) is 0 Å². The van der Waals surface area contributed by atoms with E-state index in [4.69, 9.17) is 8.83 Å². The molecule has 0 aliphatic rings. The molecule has 4 aromatic rings. The summed E-state index contributed by atoms with van der Waals surface area (Å²) >= 11 is 0. The normalized spacial score (nSPS) is 11.3. The third-order valence-corrected chi connectivity index (χ3v) is 5.12. The van der Waals surface area contributed by atoms with Crippen LogP contribution in [0.1, 0.15) is 36.5 Å². The third kappa shape index (κ3) is 8.19. The van der Waals surface area contributed by atoms with Crippen LogP contribution in [0.3, 0.4) is 0 Å². The maximum atomic E-state index is 11.7. The van der Waals surface area contributed by atoms with Crippen LogP contribution in [0.4, 0.5) is 11.4 Å². The van der Waals surface area contributed by atoms with E-state index in [0.717, 1.165) is 0 Å². The average Bonchev–Trinajstić information content (AvgIpc) is 2.81. The maximum Gasteiger partial charge on any atom is 0.348 e. The number of benzene rings is 2. The van der Waals surface area contributed by atoms with E-state index in [0.29, 0.717) is 34.3 Å². The molecule has 0 spiro atoms. The number of aliphatic imine (C=N–C) groups is 2. The molecule has 2 aromatic carbocycles. The Hall–Kier alpha value is -4.60. The molecule has 0 aliphatic heterocycles. The first kappa shape index (κ1) is 30.6. The monoisotopic (exact) mass is 581 g/mol. The van der Waals surface area contributed by atoms with E-state index in [9.17, 15) is 30.0 Å². The number of hydrogen-bond acceptors (Lipinski definition) is 10. The van der Waals surface area contributed by atoms with Gasteiger partial charge in [0.25, 0.3) is 0 Å². The summed E-state index contributed by atoms with van der Waals surface area (Å²) in [6.45, 7) is 6.37. The van der Waals surface area contributed by atoms with Crippen LogP contribution in [0, 0.1) is 13.8 Å². The maximum absolute atomic E-state index is 11.7. The van der Waals surface area contributed by atoms with E-state index in [1.54, 1.807) is 52.0 Å². The molecule has 207 valence electrons. The molecule has 0 amide bonds. The Morgan fingerprint density at radius 2 is 0.923 bits per heavy atom. The number of phenolic OH excluding ortho intramolecular Hbond substituents is 2. The van der Waals surface area contributed by atoms with Gasteiger partial charge in [-0.1, -0.05) is 0 Å². The first-order valence-corrected chi connectivity index (χ1v) is 11.3. The van der Waals surface area contributed by atoms with E-state index in [1.165, 1.54) is 36.4 Å². The minimum absolute atomic E-state index is 0. The Bertz CT molecular complexity index is 1500. The molecule has 39 heavy (non-hydrogen) atoms. The minimum atomic E-state index is -0.627. The molecule has 2 aromatic heterocycles. The molecule has 1 radical (unpaired) electrons. The van der Waals surface area contributed by atoms with Crippen molar-refractivity contribution in [3.05, 3.63) is 104 Å². The molecule has 11 heteroatoms. The van der Waals surface area contributed by atoms with Crippen molar-refractivity contribution >= 4 is 22.8 Å². The van der Waals surface area contributed by atoms with Crippen molar-refractivity contribution in [3.63, 3.8) is 0 Å². The van der Waals surface area contributed by atoms with Gasteiger partial charge < -0.3 is 29.3 Å². The number of aromatic hydroxyl groups is 4. The summed E-state index contributed by atoms with van der Waals surface area (Å²) in [6, 6.07) is 15.1. The molecule has 4 N–H and O–H groups in total. The predicted molar refractivity (Wildman–Crippen MR) is 143 cm³/mol. The fourth-order valence-electron chi connectivity index (χ4n) is 3.41. The topological polar surface area (TPSA) is 166 Å². The van der Waals surface area contributed by atoms with Crippen molar-refractivity contribution in [1.82, 2.24) is 0 Å². The summed E-state index contributed by atoms with van der Waals surface area (Å²) in [6.07, 6.45) is 0. The molecule has 4 rings (SSSR count). The first-order chi connectivity index (χ1) is 17.9. The average molecular weight is 582 g/mol. The van der Waals surface area contributed by atoms with Crippen molar-refractivity contribution in [2.75, 3.05) is 0 Å². The number of hydrogen-bond donors (Lipinski definition) is 4. The zero-order valence-electron chi connectivity index (χ0n) is 21.4. The number of rotatable bonds is 4. The van der Waals surface area contributed by atoms with Crippen LogP contribution in [-0.2, 0) is 17.1 Å². The molecule has 0 atom stereocenters. The molecule has 10 nitrogen and oxygen atoms in total. The van der Waals surface area contributed by atoms with Gasteiger partial charge in [0.15, 0.2) is 0 Å². The largest absolute Gasteiger partial charge is 0.508 e. The van der Waals surface area contributed by atoms with Crippen molar-refractivity contribution < 1.29 is 46.3 Å². The van der Waals surface area contributed by atoms with Crippen molar-refractivity contribution in [2.45, 2.75) is 27.7 Å². The molecule has 0 aliphatic carbocycles. The Labute approximate surface area is 233 Å². The van der Waals surface area contributed by atoms with Gasteiger partial charge in [-0.3, -0.25) is 9.98 Å². The van der Waals surface area contributed by atoms with Crippen molar-refractivity contribution in [3.8, 4) is 23.0 Å². The summed E-state index contributed by atoms with van der Waals surface area (Å²) in [5.74, 6) is 0.624. The van der Waals surface area contributed by atoms with Crippen LogP contribution in [0.5, 0.6) is 23.0 Å². The zero-order chi connectivity index (χ0) is 28.0. The van der Waals surface area contributed by atoms with Crippen LogP contribution in [-0.4, -0.2) is 31.8 Å². The van der Waals surface area contributed by atoms with Gasteiger partial charge in [-0.15, -0.1) is 0 Å². The Balaban J connectivity index is 0.000000267. The molecule has 0 fully saturated rings. The summed E-state index contributed by atoms with van der Waals surface area (Å²) < 4.78 is 9.86. The summed E-state index contributed by atoms with van der Waals surface area (Å²) in [5.41, 5.74) is 0.644. The second-order valence-corrected chi connectivity index (χ2v) is 8.24. The van der Waals surface area contributed by atoms with E-state index in [-0.39, 0.29) is 51.2 Å². The molecule has 0 unspecified atom stereocenters. The van der Waals surface area contributed by atoms with Gasteiger partial charge in [0.1, 0.15) is 45.6 Å². The van der Waals surface area contributed by atoms with Gasteiger partial charge in [0.05, 0.1) is 22.8 Å². The fraction of sp³-hybridized carbons (Fsp3) is 0.143. The minimum Gasteiger partial charge on any atom is -0.508 e. The van der Waals surface area contributed by atoms with Gasteiger partial charge in [-0.25, -0.2) is 9.59 Å². The summed E-state index contributed by atoms with van der Waals surface area (Å²) in [5, 5.41) is 37.9. The number of nitrogens with zero attached hydrogens (tertiary/aromatic N) is 2. The van der Waals surface area contributed by atoms with Gasteiger partial charge >= 0.3 is 11.3 Å². The molecule has 2 heterocycles. The van der Waals surface area contributed by atoms with Crippen LogP contribution >= 0.6 is 0 Å². The summed E-state index contributed by atoms with van der Waals surface area (Å²) in [4.78, 5) is 31.8. The quantitative estimate of drug-likeness (QED) is 0.193. The fourth-order valence-corrected chi connectivity index (χ4v) is 3.41. The second-order valence-electron chi connectivity index (χ2n) is 8.24. The van der Waals surface area contributed by atoms with Crippen LogP contribution in [0.25, 0.3) is 0 Å². The zero-order valence-corrected chi connectivity index (χ0v) is 22.3. The first-order valence-electron chi connectivity index (χ1n) is 11.3. The van der Waals surface area contributed by atoms with E-state index < -0.39 is 11.3 Å². The van der Waals surface area contributed by atoms with Crippen LogP contribution in [0.2, 0.25) is 0 Å². The molecular formula is C28H26CuN2O8. The van der Waals surface area contributed by atoms with E-state index in [1.807, 2.05) is 0 Å². The molecule has 0 saturated carbocycles. The van der Waals surface area contributed by atoms with Crippen molar-refractivity contribution in [1.29, 1.82) is 0 Å². The SMILES string of the molecule is CC(=Nc1ccc(O)cc1)c1c(O)cc(C)oc1=O.CC(=Nc1ccc(O)cc1)c1c(O)cc(C)oc1=O.[Cu]. The Kier molecular flexibility index (Phi) is 10.4. The second kappa shape index (κ2) is 13.3. The molecule has 0 saturated heterocycles. The van der Waals surface area contributed by atoms with Gasteiger partial charge in [-0.05, 0) is 76.2 Å². The van der Waals surface area contributed by atoms with Crippen LogP contribution in [0.15, 0.2) is 89.1 Å². The van der Waals surface area contributed by atoms with Gasteiger partial charge in [0.2, 0.25) is 0 Å². The van der Waals surface area contributed by atoms with Crippen LogP contribution < -0.4 is 11.3 Å². The smallest absolute Gasteiger partial charge is 0.348 e. The number of aryl methyl sites for hydroxylation is 2. The molecular weight excluding hydrogens is 556 g/mol. The van der Waals surface area contributed by atoms with Gasteiger partial charge in [0, 0.05) is 29.2 Å². The number of phenols is 2. The summed E-state index contributed by atoms with van der Waals surface area (Å²) in [7, 11) is 0. The van der Waals surface area contributed by atoms with E-state index in [2.05, 4.69) is 9.98 Å². The van der Waals surface area contributed by atoms with E-state index >= 15 is 0 Å². The standard InChI is InChI=1S/2C14H13NO4.Cu/c2*1-8-7-12(17)13(14(18)19-8)9(2)15-10-3-5-11(16)6-4-10;/h2*3-7,16-17H,1-2H3;.